The summed E-state index contributed by atoms with van der Waals surface area (Å²) in [5, 5.41) is 1.18. The molecule has 0 bridgehead atoms. The summed E-state index contributed by atoms with van der Waals surface area (Å²) in [7, 11) is -4.16. The molecule has 1 aromatic rings. The monoisotopic (exact) mass is 610 g/mol. The molecule has 0 unspecified atom stereocenters. The van der Waals surface area contributed by atoms with Crippen LogP contribution in [0.4, 0.5) is 0 Å². The Bertz CT molecular complexity index is 1200. The molecule has 0 aromatic heterocycles. The van der Waals surface area contributed by atoms with Crippen LogP contribution in [0.15, 0.2) is 39.2 Å². The summed E-state index contributed by atoms with van der Waals surface area (Å²) in [6.45, 7) is 1.81. The minimum absolute atomic E-state index is 0.0649. The number of hydrogen-bond donors (Lipinski definition) is 1. The van der Waals surface area contributed by atoms with E-state index in [9.17, 15) is 13.2 Å². The number of ether oxygens (including phenoxy) is 1. The molecular formula is C24H26Cl4N2O4S2. The number of allylic oxidation sites excluding steroid dienone is 3. The van der Waals surface area contributed by atoms with Crippen LogP contribution in [0.25, 0.3) is 0 Å². The first-order chi connectivity index (χ1) is 17.0. The van der Waals surface area contributed by atoms with E-state index in [1.54, 1.807) is 12.1 Å². The minimum atomic E-state index is -4.16. The lowest BCUT2D eigenvalue weighted by atomic mass is 9.84. The van der Waals surface area contributed by atoms with Crippen molar-refractivity contribution >= 4 is 79.4 Å². The van der Waals surface area contributed by atoms with E-state index < -0.39 is 15.9 Å². The molecule has 1 saturated carbocycles. The maximum atomic E-state index is 12.8. The average Bonchev–Trinajstić information content (AvgIpc) is 2.84. The lowest BCUT2D eigenvalue weighted by Crippen LogP contribution is -2.47. The summed E-state index contributed by atoms with van der Waals surface area (Å²) in [6, 6.07) is 5.66. The summed E-state index contributed by atoms with van der Waals surface area (Å²) in [4.78, 5) is 15.2. The van der Waals surface area contributed by atoms with Gasteiger partial charge in [-0.1, -0.05) is 58.6 Å². The number of sulfonamides is 1. The predicted molar refractivity (Wildman–Crippen MR) is 149 cm³/mol. The third-order valence-corrected chi connectivity index (χ3v) is 10.2. The first-order valence-corrected chi connectivity index (χ1v) is 15.2. The van der Waals surface area contributed by atoms with Gasteiger partial charge in [-0.2, -0.15) is 0 Å². The minimum Gasteiger partial charge on any atom is -0.490 e. The van der Waals surface area contributed by atoms with Crippen LogP contribution < -0.4 is 9.46 Å². The maximum absolute atomic E-state index is 12.8. The number of piperidine rings is 1. The summed E-state index contributed by atoms with van der Waals surface area (Å²) in [5.41, 5.74) is 0. The van der Waals surface area contributed by atoms with Crippen molar-refractivity contribution in [3.8, 4) is 5.75 Å². The molecule has 1 N–H and O–H groups in total. The molecule has 6 nitrogen and oxygen atoms in total. The van der Waals surface area contributed by atoms with E-state index >= 15 is 0 Å². The molecule has 3 aliphatic rings. The Balaban J connectivity index is 1.25. The molecule has 1 saturated heterocycles. The molecule has 1 aromatic carbocycles. The third kappa shape index (κ3) is 6.76. The summed E-state index contributed by atoms with van der Waals surface area (Å²) in [5.74, 6) is -0.171. The number of halogens is 4. The number of rotatable bonds is 6. The molecule has 1 amide bonds. The Morgan fingerprint density at radius 2 is 1.67 bits per heavy atom. The molecule has 2 fully saturated rings. The highest BCUT2D eigenvalue weighted by atomic mass is 35.5. The van der Waals surface area contributed by atoms with Gasteiger partial charge in [0.05, 0.1) is 15.1 Å². The number of likely N-dealkylation sites (tertiary alicyclic amines) is 1. The highest BCUT2D eigenvalue weighted by molar-refractivity contribution is 7.94. The number of nitrogens with one attached hydrogen (secondary N) is 1. The molecule has 0 spiro atoms. The first kappa shape index (κ1) is 28.1. The number of amides is 1. The van der Waals surface area contributed by atoms with E-state index in [1.165, 1.54) is 6.08 Å². The molecule has 0 atom stereocenters. The molecular weight excluding hydrogens is 586 g/mol. The van der Waals surface area contributed by atoms with Crippen molar-refractivity contribution < 1.29 is 17.9 Å². The van der Waals surface area contributed by atoms with Gasteiger partial charge < -0.3 is 9.64 Å². The van der Waals surface area contributed by atoms with Gasteiger partial charge >= 0.3 is 0 Å². The quantitative estimate of drug-likeness (QED) is 0.387. The van der Waals surface area contributed by atoms with Crippen molar-refractivity contribution in [2.24, 2.45) is 5.92 Å². The smallest absolute Gasteiger partial charge is 0.265 e. The van der Waals surface area contributed by atoms with Gasteiger partial charge in [0.2, 0.25) is 5.91 Å². The fourth-order valence-corrected chi connectivity index (χ4v) is 7.52. The fourth-order valence-electron chi connectivity index (χ4n) is 4.90. The first-order valence-electron chi connectivity index (χ1n) is 11.7. The molecule has 1 heterocycles. The Morgan fingerprint density at radius 3 is 2.31 bits per heavy atom. The van der Waals surface area contributed by atoms with Gasteiger partial charge in [-0.25, -0.2) is 13.1 Å². The lowest BCUT2D eigenvalue weighted by Gasteiger charge is -2.40. The van der Waals surface area contributed by atoms with Crippen LogP contribution in [0.2, 0.25) is 10.0 Å². The van der Waals surface area contributed by atoms with Crippen LogP contribution in [0.3, 0.4) is 0 Å². The summed E-state index contributed by atoms with van der Waals surface area (Å²) in [6.07, 6.45) is 6.26. The standard InChI is InChI=1S/C24H26Cl4N2O4S2/c25-15-11-21(35)23(28)22(12-15)36(32,33)29-24(31)14-1-3-16(4-2-14)30-9-7-17(8-10-30)34-18-5-6-19(26)20(27)13-18/h5-6,12-14,16-17H,1-4,7-11H2,(H,29,31)/t14-,16-. The Kier molecular flexibility index (Phi) is 9.30. The number of carbonyl (C=O) groups is 1. The van der Waals surface area contributed by atoms with Gasteiger partial charge in [-0.15, -0.1) is 0 Å². The Hall–Kier alpha value is -0.870. The fraction of sp³-hybridized carbons (Fsp3) is 0.500. The summed E-state index contributed by atoms with van der Waals surface area (Å²) < 4.78 is 33.8. The number of benzene rings is 1. The molecule has 0 radical (unpaired) electrons. The molecule has 4 rings (SSSR count). The molecule has 196 valence electrons. The Morgan fingerprint density at radius 1 is 1.00 bits per heavy atom. The highest BCUT2D eigenvalue weighted by Crippen LogP contribution is 2.33. The molecule has 2 aliphatic carbocycles. The van der Waals surface area contributed by atoms with Gasteiger partial charge in [-0.05, 0) is 56.7 Å². The molecule has 12 heteroatoms. The Labute approximate surface area is 237 Å². The second kappa shape index (κ2) is 11.9. The van der Waals surface area contributed by atoms with E-state index in [0.29, 0.717) is 34.7 Å². The van der Waals surface area contributed by atoms with Crippen LogP contribution in [0, 0.1) is 5.92 Å². The van der Waals surface area contributed by atoms with Crippen LogP contribution in [-0.4, -0.2) is 49.3 Å². The predicted octanol–water partition coefficient (Wildman–Crippen LogP) is 6.19. The highest BCUT2D eigenvalue weighted by Gasteiger charge is 2.34. The zero-order valence-electron chi connectivity index (χ0n) is 19.3. The summed E-state index contributed by atoms with van der Waals surface area (Å²) >= 11 is 29.3. The van der Waals surface area contributed by atoms with E-state index in [2.05, 4.69) is 9.62 Å². The second-order valence-electron chi connectivity index (χ2n) is 9.27. The van der Waals surface area contributed by atoms with Crippen molar-refractivity contribution in [2.75, 3.05) is 13.1 Å². The SMILES string of the molecule is O=C(NS(=O)(=O)C1=C(Cl)C(=S)CC(Cl)=C1)[C@H]1CC[C@H](N2CCC(Oc3ccc(Cl)c(Cl)c3)CC2)CC1. The zero-order valence-corrected chi connectivity index (χ0v) is 24.0. The topological polar surface area (TPSA) is 75.7 Å². The average molecular weight is 612 g/mol. The number of carbonyl (C=O) groups excluding carboxylic acids is 1. The van der Waals surface area contributed by atoms with Crippen LogP contribution in [-0.2, 0) is 14.8 Å². The van der Waals surface area contributed by atoms with Crippen molar-refractivity contribution in [3.05, 3.63) is 49.3 Å². The van der Waals surface area contributed by atoms with Gasteiger partial charge in [0.25, 0.3) is 10.0 Å². The maximum Gasteiger partial charge on any atom is 0.265 e. The zero-order chi connectivity index (χ0) is 26.0. The van der Waals surface area contributed by atoms with Crippen LogP contribution in [0.1, 0.15) is 44.9 Å². The number of hydrogen-bond acceptors (Lipinski definition) is 6. The van der Waals surface area contributed by atoms with Crippen LogP contribution in [0.5, 0.6) is 5.75 Å². The lowest BCUT2D eigenvalue weighted by molar-refractivity contribution is -0.124. The van der Waals surface area contributed by atoms with E-state index in [4.69, 9.17) is 63.4 Å². The second-order valence-corrected chi connectivity index (χ2v) is 13.1. The van der Waals surface area contributed by atoms with Gasteiger partial charge in [0.1, 0.15) is 16.8 Å². The van der Waals surface area contributed by atoms with Crippen molar-refractivity contribution in [2.45, 2.75) is 57.1 Å². The largest absolute Gasteiger partial charge is 0.490 e. The number of nitrogens with zero attached hydrogens (tertiary/aromatic N) is 1. The van der Waals surface area contributed by atoms with Gasteiger partial charge in [0.15, 0.2) is 0 Å². The van der Waals surface area contributed by atoms with E-state index in [-0.39, 0.29) is 38.3 Å². The van der Waals surface area contributed by atoms with Crippen molar-refractivity contribution in [1.29, 1.82) is 0 Å². The van der Waals surface area contributed by atoms with E-state index in [1.807, 2.05) is 6.07 Å². The van der Waals surface area contributed by atoms with Crippen LogP contribution >= 0.6 is 58.6 Å². The third-order valence-electron chi connectivity index (χ3n) is 6.86. The van der Waals surface area contributed by atoms with Crippen molar-refractivity contribution in [1.82, 2.24) is 9.62 Å². The molecule has 1 aliphatic heterocycles. The van der Waals surface area contributed by atoms with Crippen molar-refractivity contribution in [3.63, 3.8) is 0 Å². The van der Waals surface area contributed by atoms with Gasteiger partial charge in [0, 0.05) is 47.4 Å². The van der Waals surface area contributed by atoms with E-state index in [0.717, 1.165) is 38.8 Å². The molecule has 36 heavy (non-hydrogen) atoms. The normalized spacial score (nSPS) is 24.4. The van der Waals surface area contributed by atoms with Gasteiger partial charge in [-0.3, -0.25) is 4.79 Å². The number of thiocarbonyl (C=S) groups is 1.